The van der Waals surface area contributed by atoms with Gasteiger partial charge in [-0.3, -0.25) is 4.57 Å². The predicted octanol–water partition coefficient (Wildman–Crippen LogP) is 2.40. The number of amides is 1. The minimum absolute atomic E-state index is 0.180. The fraction of sp³-hybridized carbons (Fsp3) is 0.0909. The Hall–Kier alpha value is -1.62. The van der Waals surface area contributed by atoms with Gasteiger partial charge in [-0.05, 0) is 17.7 Å². The first-order chi connectivity index (χ1) is 7.75. The van der Waals surface area contributed by atoms with Crippen molar-refractivity contribution >= 4 is 22.0 Å². The van der Waals surface area contributed by atoms with E-state index in [1.165, 1.54) is 10.9 Å². The molecule has 0 fully saturated rings. The lowest BCUT2D eigenvalue weighted by atomic mass is 10.2. The number of halogens is 1. The zero-order chi connectivity index (χ0) is 11.4. The van der Waals surface area contributed by atoms with Crippen LogP contribution >= 0.6 is 15.9 Å². The second-order valence-corrected chi connectivity index (χ2v) is 4.17. The molecule has 4 nitrogen and oxygen atoms in total. The number of rotatable bonds is 2. The van der Waals surface area contributed by atoms with E-state index in [0.717, 1.165) is 10.0 Å². The standard InChI is InChI=1S/C11H10BrN3O/c12-10-3-1-9(2-4-10)7-14-11(16)15-6-5-13-8-15/h1-6,8H,7H2,(H,14,16). The van der Waals surface area contributed by atoms with Gasteiger partial charge in [0.2, 0.25) is 0 Å². The molecule has 2 rings (SSSR count). The van der Waals surface area contributed by atoms with Gasteiger partial charge in [0.05, 0.1) is 0 Å². The third kappa shape index (κ3) is 2.70. The second kappa shape index (κ2) is 4.94. The Balaban J connectivity index is 1.93. The van der Waals surface area contributed by atoms with Crippen molar-refractivity contribution in [2.24, 2.45) is 0 Å². The zero-order valence-corrected chi connectivity index (χ0v) is 10.0. The molecule has 0 unspecified atom stereocenters. The number of carbonyl (C=O) groups is 1. The Morgan fingerprint density at radius 3 is 2.75 bits per heavy atom. The highest BCUT2D eigenvalue weighted by Crippen LogP contribution is 2.10. The summed E-state index contributed by atoms with van der Waals surface area (Å²) in [6, 6.07) is 7.62. The molecule has 0 saturated carbocycles. The minimum atomic E-state index is -0.180. The molecule has 82 valence electrons. The van der Waals surface area contributed by atoms with Gasteiger partial charge in [-0.25, -0.2) is 9.78 Å². The average molecular weight is 280 g/mol. The quantitative estimate of drug-likeness (QED) is 0.918. The topological polar surface area (TPSA) is 46.9 Å². The first-order valence-electron chi connectivity index (χ1n) is 4.76. The van der Waals surface area contributed by atoms with Crippen molar-refractivity contribution in [2.75, 3.05) is 0 Å². The van der Waals surface area contributed by atoms with Crippen LogP contribution in [0.5, 0.6) is 0 Å². The second-order valence-electron chi connectivity index (χ2n) is 3.26. The lowest BCUT2D eigenvalue weighted by Gasteiger charge is -2.05. The van der Waals surface area contributed by atoms with Crippen molar-refractivity contribution in [2.45, 2.75) is 6.54 Å². The van der Waals surface area contributed by atoms with Gasteiger partial charge in [0.15, 0.2) is 0 Å². The normalized spacial score (nSPS) is 10.1. The molecule has 0 spiro atoms. The lowest BCUT2D eigenvalue weighted by molar-refractivity contribution is 0.242. The number of nitrogens with one attached hydrogen (secondary N) is 1. The van der Waals surface area contributed by atoms with Crippen LogP contribution in [0.25, 0.3) is 0 Å². The molecule has 0 radical (unpaired) electrons. The van der Waals surface area contributed by atoms with Gasteiger partial charge >= 0.3 is 6.03 Å². The summed E-state index contributed by atoms with van der Waals surface area (Å²) in [6.45, 7) is 0.504. The summed E-state index contributed by atoms with van der Waals surface area (Å²) in [5, 5.41) is 2.79. The molecule has 1 amide bonds. The molecule has 0 saturated heterocycles. The van der Waals surface area contributed by atoms with Gasteiger partial charge in [-0.15, -0.1) is 0 Å². The highest BCUT2D eigenvalue weighted by Gasteiger charge is 2.02. The van der Waals surface area contributed by atoms with Crippen molar-refractivity contribution in [1.82, 2.24) is 14.9 Å². The molecule has 1 heterocycles. The molecular weight excluding hydrogens is 270 g/mol. The predicted molar refractivity (Wildman–Crippen MR) is 64.0 cm³/mol. The Morgan fingerprint density at radius 2 is 2.12 bits per heavy atom. The van der Waals surface area contributed by atoms with Gasteiger partial charge in [0, 0.05) is 23.4 Å². The number of benzene rings is 1. The molecule has 0 aliphatic rings. The van der Waals surface area contributed by atoms with Gasteiger partial charge in [0.1, 0.15) is 6.33 Å². The van der Waals surface area contributed by atoms with E-state index in [-0.39, 0.29) is 6.03 Å². The number of hydrogen-bond acceptors (Lipinski definition) is 2. The van der Waals surface area contributed by atoms with Crippen molar-refractivity contribution in [3.63, 3.8) is 0 Å². The highest BCUT2D eigenvalue weighted by molar-refractivity contribution is 9.10. The zero-order valence-electron chi connectivity index (χ0n) is 8.43. The van der Waals surface area contributed by atoms with Crippen LogP contribution in [0, 0.1) is 0 Å². The van der Waals surface area contributed by atoms with Gasteiger partial charge in [0.25, 0.3) is 0 Å². The van der Waals surface area contributed by atoms with Crippen molar-refractivity contribution in [1.29, 1.82) is 0 Å². The Labute approximate surface area is 101 Å². The van der Waals surface area contributed by atoms with Crippen LogP contribution in [0.3, 0.4) is 0 Å². The van der Waals surface area contributed by atoms with Crippen LogP contribution in [0.15, 0.2) is 47.5 Å². The van der Waals surface area contributed by atoms with Crippen LogP contribution in [0.1, 0.15) is 5.56 Å². The SMILES string of the molecule is O=C(NCc1ccc(Br)cc1)n1ccnc1. The van der Waals surface area contributed by atoms with E-state index < -0.39 is 0 Å². The molecule has 1 aromatic heterocycles. The Kier molecular flexibility index (Phi) is 3.36. The van der Waals surface area contributed by atoms with Crippen LogP contribution in [-0.4, -0.2) is 15.6 Å². The third-order valence-electron chi connectivity index (χ3n) is 2.10. The van der Waals surface area contributed by atoms with Crippen LogP contribution in [0.2, 0.25) is 0 Å². The number of carbonyl (C=O) groups excluding carboxylic acids is 1. The van der Waals surface area contributed by atoms with E-state index in [4.69, 9.17) is 0 Å². The number of aromatic nitrogens is 2. The fourth-order valence-corrected chi connectivity index (χ4v) is 1.51. The largest absolute Gasteiger partial charge is 0.333 e. The summed E-state index contributed by atoms with van der Waals surface area (Å²) in [5.41, 5.74) is 1.05. The summed E-state index contributed by atoms with van der Waals surface area (Å²) in [4.78, 5) is 15.4. The molecule has 0 bridgehead atoms. The van der Waals surface area contributed by atoms with Gasteiger partial charge in [-0.2, -0.15) is 0 Å². The summed E-state index contributed by atoms with van der Waals surface area (Å²) in [5.74, 6) is 0. The van der Waals surface area contributed by atoms with E-state index in [9.17, 15) is 4.79 Å². The molecule has 0 aliphatic heterocycles. The van der Waals surface area contributed by atoms with Crippen molar-refractivity contribution < 1.29 is 4.79 Å². The van der Waals surface area contributed by atoms with Gasteiger partial charge < -0.3 is 5.32 Å². The summed E-state index contributed by atoms with van der Waals surface area (Å²) < 4.78 is 2.43. The van der Waals surface area contributed by atoms with E-state index in [1.807, 2.05) is 24.3 Å². The number of hydrogen-bond donors (Lipinski definition) is 1. The maximum atomic E-state index is 11.5. The Bertz CT molecular complexity index is 464. The van der Waals surface area contributed by atoms with Crippen LogP contribution in [-0.2, 0) is 6.54 Å². The molecule has 1 aromatic carbocycles. The first-order valence-corrected chi connectivity index (χ1v) is 5.55. The molecule has 5 heteroatoms. The van der Waals surface area contributed by atoms with E-state index >= 15 is 0 Å². The molecule has 0 aliphatic carbocycles. The maximum absolute atomic E-state index is 11.5. The number of imidazole rings is 1. The first kappa shape index (κ1) is 10.9. The lowest BCUT2D eigenvalue weighted by Crippen LogP contribution is -2.26. The van der Waals surface area contributed by atoms with Crippen LogP contribution < -0.4 is 5.32 Å². The van der Waals surface area contributed by atoms with E-state index in [2.05, 4.69) is 26.2 Å². The summed E-state index contributed by atoms with van der Waals surface area (Å²) >= 11 is 3.36. The fourth-order valence-electron chi connectivity index (χ4n) is 1.25. The highest BCUT2D eigenvalue weighted by atomic mass is 79.9. The molecule has 0 atom stereocenters. The monoisotopic (exact) mass is 279 g/mol. The molecular formula is C11H10BrN3O. The Morgan fingerprint density at radius 1 is 1.38 bits per heavy atom. The minimum Gasteiger partial charge on any atom is -0.333 e. The smallest absolute Gasteiger partial charge is 0.327 e. The molecule has 1 N–H and O–H groups in total. The summed E-state index contributed by atoms with van der Waals surface area (Å²) in [7, 11) is 0. The molecule has 2 aromatic rings. The average Bonchev–Trinajstić information content (AvgIpc) is 2.81. The molecule has 16 heavy (non-hydrogen) atoms. The van der Waals surface area contributed by atoms with Gasteiger partial charge in [-0.1, -0.05) is 28.1 Å². The van der Waals surface area contributed by atoms with E-state index in [0.29, 0.717) is 6.54 Å². The van der Waals surface area contributed by atoms with Crippen molar-refractivity contribution in [3.05, 3.63) is 53.0 Å². The van der Waals surface area contributed by atoms with Crippen molar-refractivity contribution in [3.8, 4) is 0 Å². The summed E-state index contributed by atoms with van der Waals surface area (Å²) in [6.07, 6.45) is 4.65. The number of nitrogens with zero attached hydrogens (tertiary/aromatic N) is 2. The van der Waals surface area contributed by atoms with E-state index in [1.54, 1.807) is 12.4 Å². The van der Waals surface area contributed by atoms with Crippen LogP contribution in [0.4, 0.5) is 4.79 Å². The maximum Gasteiger partial charge on any atom is 0.327 e. The third-order valence-corrected chi connectivity index (χ3v) is 2.62.